The molecular formula is C23H19NO3. The Hall–Kier alpha value is -3.40. The van der Waals surface area contributed by atoms with E-state index in [0.29, 0.717) is 28.1 Å². The molecule has 0 saturated heterocycles. The maximum absolute atomic E-state index is 13.4. The zero-order valence-electron chi connectivity index (χ0n) is 15.2. The summed E-state index contributed by atoms with van der Waals surface area (Å²) >= 11 is 0. The average molecular weight is 357 g/mol. The number of methoxy groups -OCH3 is 1. The highest BCUT2D eigenvalue weighted by Gasteiger charge is 2.54. The number of hydrogen-bond donors (Lipinski definition) is 1. The van der Waals surface area contributed by atoms with E-state index >= 15 is 0 Å². The molecule has 0 radical (unpaired) electrons. The molecule has 4 heteroatoms. The fourth-order valence-corrected chi connectivity index (χ4v) is 3.64. The maximum Gasteiger partial charge on any atom is 0.201 e. The molecule has 0 spiro atoms. The van der Waals surface area contributed by atoms with Gasteiger partial charge in [-0.15, -0.1) is 0 Å². The first-order chi connectivity index (χ1) is 13.1. The summed E-state index contributed by atoms with van der Waals surface area (Å²) in [4.78, 5) is 26.9. The van der Waals surface area contributed by atoms with Crippen LogP contribution in [0.1, 0.15) is 31.8 Å². The number of anilines is 1. The van der Waals surface area contributed by atoms with E-state index in [1.54, 1.807) is 43.5 Å². The third kappa shape index (κ3) is 2.53. The first-order valence-electron chi connectivity index (χ1n) is 8.75. The molecule has 0 aliphatic heterocycles. The summed E-state index contributed by atoms with van der Waals surface area (Å²) < 4.78 is 5.39. The number of hydrogen-bond acceptors (Lipinski definition) is 4. The van der Waals surface area contributed by atoms with E-state index in [9.17, 15) is 9.59 Å². The van der Waals surface area contributed by atoms with Crippen molar-refractivity contribution in [2.45, 2.75) is 12.5 Å². The van der Waals surface area contributed by atoms with Crippen LogP contribution in [0.15, 0.2) is 72.8 Å². The lowest BCUT2D eigenvalue weighted by Crippen LogP contribution is -2.46. The first-order valence-corrected chi connectivity index (χ1v) is 8.75. The fraction of sp³-hybridized carbons (Fsp3) is 0.130. The van der Waals surface area contributed by atoms with Crippen molar-refractivity contribution >= 4 is 17.3 Å². The molecule has 0 unspecified atom stereocenters. The summed E-state index contributed by atoms with van der Waals surface area (Å²) in [5.41, 5.74) is 1.65. The number of ketones is 2. The van der Waals surface area contributed by atoms with Crippen molar-refractivity contribution in [2.75, 3.05) is 12.4 Å². The Bertz CT molecular complexity index is 1010. The molecule has 134 valence electrons. The molecule has 3 aromatic rings. The lowest BCUT2D eigenvalue weighted by molar-refractivity contribution is 0.0819. The van der Waals surface area contributed by atoms with Crippen molar-refractivity contribution in [3.05, 3.63) is 95.1 Å². The zero-order chi connectivity index (χ0) is 19.0. The van der Waals surface area contributed by atoms with Crippen LogP contribution >= 0.6 is 0 Å². The van der Waals surface area contributed by atoms with Gasteiger partial charge >= 0.3 is 0 Å². The Kier molecular flexibility index (Phi) is 4.04. The van der Waals surface area contributed by atoms with Gasteiger partial charge in [0.05, 0.1) is 7.11 Å². The van der Waals surface area contributed by atoms with Crippen molar-refractivity contribution in [3.8, 4) is 5.75 Å². The minimum Gasteiger partial charge on any atom is -0.496 e. The minimum absolute atomic E-state index is 0.242. The zero-order valence-corrected chi connectivity index (χ0v) is 15.2. The number of carbonyl (C=O) groups is 2. The second-order valence-corrected chi connectivity index (χ2v) is 6.63. The maximum atomic E-state index is 13.4. The highest BCUT2D eigenvalue weighted by Crippen LogP contribution is 2.41. The molecule has 1 N–H and O–H groups in total. The minimum atomic E-state index is -1.48. The fourth-order valence-electron chi connectivity index (χ4n) is 3.64. The molecule has 0 atom stereocenters. The highest BCUT2D eigenvalue weighted by atomic mass is 16.5. The first kappa shape index (κ1) is 17.0. The molecule has 0 amide bonds. The quantitative estimate of drug-likeness (QED) is 0.704. The van der Waals surface area contributed by atoms with Crippen LogP contribution in [-0.2, 0) is 5.54 Å². The van der Waals surface area contributed by atoms with Gasteiger partial charge in [0, 0.05) is 22.9 Å². The molecule has 0 aromatic heterocycles. The van der Waals surface area contributed by atoms with Crippen molar-refractivity contribution in [2.24, 2.45) is 0 Å². The SMILES string of the molecule is COc1cc(NC2(c3ccccc3)C(=O)c3ccccc3C2=O)ccc1C. The van der Waals surface area contributed by atoms with E-state index in [1.807, 2.05) is 43.3 Å². The molecule has 4 rings (SSSR count). The molecule has 1 aliphatic carbocycles. The predicted octanol–water partition coefficient (Wildman–Crippen LogP) is 4.39. The van der Waals surface area contributed by atoms with E-state index < -0.39 is 5.54 Å². The third-order valence-electron chi connectivity index (χ3n) is 5.04. The standard InChI is InChI=1S/C23H19NO3/c1-15-12-13-17(14-20(15)27-2)24-23(16-8-4-3-5-9-16)21(25)18-10-6-7-11-19(18)22(23)26/h3-14,24H,1-2H3. The van der Waals surface area contributed by atoms with Gasteiger partial charge < -0.3 is 10.1 Å². The van der Waals surface area contributed by atoms with Crippen LogP contribution in [0.4, 0.5) is 5.69 Å². The van der Waals surface area contributed by atoms with Gasteiger partial charge in [0.15, 0.2) is 5.54 Å². The van der Waals surface area contributed by atoms with Crippen LogP contribution in [0, 0.1) is 6.92 Å². The predicted molar refractivity (Wildman–Crippen MR) is 105 cm³/mol. The molecule has 0 bridgehead atoms. The van der Waals surface area contributed by atoms with Gasteiger partial charge in [0.2, 0.25) is 11.6 Å². The average Bonchev–Trinajstić information content (AvgIpc) is 2.93. The highest BCUT2D eigenvalue weighted by molar-refractivity contribution is 6.34. The Balaban J connectivity index is 1.90. The molecule has 27 heavy (non-hydrogen) atoms. The molecular weight excluding hydrogens is 338 g/mol. The van der Waals surface area contributed by atoms with Gasteiger partial charge in [0.1, 0.15) is 5.75 Å². The number of carbonyl (C=O) groups excluding carboxylic acids is 2. The summed E-state index contributed by atoms with van der Waals surface area (Å²) in [6, 6.07) is 21.7. The monoisotopic (exact) mass is 357 g/mol. The number of nitrogens with one attached hydrogen (secondary N) is 1. The Labute approximate surface area is 157 Å². The van der Waals surface area contributed by atoms with Gasteiger partial charge in [-0.05, 0) is 24.1 Å². The molecule has 3 aromatic carbocycles. The largest absolute Gasteiger partial charge is 0.496 e. The smallest absolute Gasteiger partial charge is 0.201 e. The van der Waals surface area contributed by atoms with E-state index in [2.05, 4.69) is 5.32 Å². The lowest BCUT2D eigenvalue weighted by Gasteiger charge is -2.29. The Morgan fingerprint density at radius 2 is 1.41 bits per heavy atom. The molecule has 0 saturated carbocycles. The van der Waals surface area contributed by atoms with Crippen molar-refractivity contribution in [1.82, 2.24) is 0 Å². The van der Waals surface area contributed by atoms with E-state index in [0.717, 1.165) is 5.56 Å². The number of fused-ring (bicyclic) bond motifs is 1. The number of Topliss-reactive ketones (excluding diaryl/α,β-unsaturated/α-hetero) is 2. The van der Waals surface area contributed by atoms with Crippen LogP contribution in [-0.4, -0.2) is 18.7 Å². The van der Waals surface area contributed by atoms with Gasteiger partial charge in [-0.3, -0.25) is 9.59 Å². The van der Waals surface area contributed by atoms with Crippen LogP contribution in [0.5, 0.6) is 5.75 Å². The lowest BCUT2D eigenvalue weighted by atomic mass is 9.84. The van der Waals surface area contributed by atoms with Gasteiger partial charge in [-0.1, -0.05) is 60.7 Å². The Morgan fingerprint density at radius 1 is 0.815 bits per heavy atom. The number of ether oxygens (including phenoxy) is 1. The van der Waals surface area contributed by atoms with Gasteiger partial charge in [-0.25, -0.2) is 0 Å². The van der Waals surface area contributed by atoms with Gasteiger partial charge in [0.25, 0.3) is 0 Å². The number of benzene rings is 3. The van der Waals surface area contributed by atoms with Gasteiger partial charge in [-0.2, -0.15) is 0 Å². The van der Waals surface area contributed by atoms with Crippen LogP contribution in [0.25, 0.3) is 0 Å². The number of aryl methyl sites for hydroxylation is 1. The van der Waals surface area contributed by atoms with Crippen molar-refractivity contribution < 1.29 is 14.3 Å². The van der Waals surface area contributed by atoms with Crippen LogP contribution in [0.2, 0.25) is 0 Å². The topological polar surface area (TPSA) is 55.4 Å². The summed E-state index contributed by atoms with van der Waals surface area (Å²) in [5.74, 6) is 0.210. The van der Waals surface area contributed by atoms with Crippen LogP contribution in [0.3, 0.4) is 0 Å². The van der Waals surface area contributed by atoms with Crippen molar-refractivity contribution in [3.63, 3.8) is 0 Å². The van der Waals surface area contributed by atoms with E-state index in [4.69, 9.17) is 4.74 Å². The summed E-state index contributed by atoms with van der Waals surface area (Å²) in [7, 11) is 1.60. The number of rotatable bonds is 4. The van der Waals surface area contributed by atoms with E-state index in [1.165, 1.54) is 0 Å². The summed E-state index contributed by atoms with van der Waals surface area (Å²) in [6.45, 7) is 1.94. The summed E-state index contributed by atoms with van der Waals surface area (Å²) in [5, 5.41) is 3.24. The van der Waals surface area contributed by atoms with E-state index in [-0.39, 0.29) is 11.6 Å². The second-order valence-electron chi connectivity index (χ2n) is 6.63. The molecule has 0 fully saturated rings. The van der Waals surface area contributed by atoms with Crippen molar-refractivity contribution in [1.29, 1.82) is 0 Å². The molecule has 4 nitrogen and oxygen atoms in total. The third-order valence-corrected chi connectivity index (χ3v) is 5.04. The second kappa shape index (κ2) is 6.40. The molecule has 0 heterocycles. The molecule has 1 aliphatic rings. The normalized spacial score (nSPS) is 14.7. The Morgan fingerprint density at radius 3 is 2.00 bits per heavy atom. The van der Waals surface area contributed by atoms with Crippen LogP contribution < -0.4 is 10.1 Å². The summed E-state index contributed by atoms with van der Waals surface area (Å²) in [6.07, 6.45) is 0.